The number of nitrogens with one attached hydrogen (secondary N) is 1. The molecule has 5 nitrogen and oxygen atoms in total. The summed E-state index contributed by atoms with van der Waals surface area (Å²) in [4.78, 5) is 31.8. The zero-order valence-electron chi connectivity index (χ0n) is 18.2. The number of anilines is 1. The fourth-order valence-corrected chi connectivity index (χ4v) is 5.79. The summed E-state index contributed by atoms with van der Waals surface area (Å²) >= 11 is 14.8. The molecule has 3 heterocycles. The van der Waals surface area contributed by atoms with Crippen LogP contribution in [0.15, 0.2) is 72.1 Å². The Hall–Kier alpha value is -3.23. The smallest absolute Gasteiger partial charge is 0.341 e. The quantitative estimate of drug-likeness (QED) is 0.230. The van der Waals surface area contributed by atoms with Crippen LogP contribution >= 0.6 is 45.9 Å². The Morgan fingerprint density at radius 2 is 1.77 bits per heavy atom. The second-order valence-corrected chi connectivity index (χ2v) is 10.5. The highest BCUT2D eigenvalue weighted by Crippen LogP contribution is 2.38. The van der Waals surface area contributed by atoms with Crippen molar-refractivity contribution in [2.45, 2.75) is 0 Å². The van der Waals surface area contributed by atoms with E-state index in [4.69, 9.17) is 32.9 Å². The Morgan fingerprint density at radius 1 is 1.00 bits per heavy atom. The third-order valence-electron chi connectivity index (χ3n) is 5.35. The molecular formula is C26H16Cl2N2O3S2. The Kier molecular flexibility index (Phi) is 6.58. The van der Waals surface area contributed by atoms with Gasteiger partial charge in [-0.15, -0.1) is 22.7 Å². The predicted molar refractivity (Wildman–Crippen MR) is 144 cm³/mol. The molecule has 0 saturated heterocycles. The number of carbonyl (C=O) groups excluding carboxylic acids is 2. The average molecular weight is 539 g/mol. The largest absolute Gasteiger partial charge is 0.465 e. The SMILES string of the molecule is COC(=O)c1c(-c2ccc(Cl)cc2)csc1NC(=O)c1cc(-c2ccc(Cl)s2)nc2ccccc12. The topological polar surface area (TPSA) is 68.3 Å². The van der Waals surface area contributed by atoms with Crippen LogP contribution in [0.4, 0.5) is 5.00 Å². The van der Waals surface area contributed by atoms with Crippen LogP contribution in [0, 0.1) is 0 Å². The number of pyridine rings is 1. The van der Waals surface area contributed by atoms with E-state index in [1.807, 2.05) is 47.8 Å². The van der Waals surface area contributed by atoms with E-state index in [2.05, 4.69) is 5.32 Å². The van der Waals surface area contributed by atoms with Crippen molar-refractivity contribution in [1.29, 1.82) is 0 Å². The first-order chi connectivity index (χ1) is 16.9. The number of hydrogen-bond acceptors (Lipinski definition) is 6. The van der Waals surface area contributed by atoms with E-state index in [-0.39, 0.29) is 11.5 Å². The highest BCUT2D eigenvalue weighted by molar-refractivity contribution is 7.19. The van der Waals surface area contributed by atoms with E-state index >= 15 is 0 Å². The zero-order chi connectivity index (χ0) is 24.5. The molecule has 0 spiro atoms. The van der Waals surface area contributed by atoms with Crippen LogP contribution in [-0.4, -0.2) is 24.0 Å². The van der Waals surface area contributed by atoms with E-state index in [9.17, 15) is 9.59 Å². The number of fused-ring (bicyclic) bond motifs is 1. The standard InChI is InChI=1S/C26H16Cl2N2O3S2/c1-33-26(32)23-18(14-6-8-15(27)9-7-14)13-34-25(23)30-24(31)17-12-20(21-10-11-22(28)35-21)29-19-5-3-2-4-16(17)19/h2-13H,1H3,(H,30,31). The van der Waals surface area contributed by atoms with Gasteiger partial charge >= 0.3 is 5.97 Å². The summed E-state index contributed by atoms with van der Waals surface area (Å²) in [6.07, 6.45) is 0. The lowest BCUT2D eigenvalue weighted by Gasteiger charge is -2.11. The molecule has 0 aliphatic carbocycles. The summed E-state index contributed by atoms with van der Waals surface area (Å²) in [5.41, 5.74) is 3.50. The van der Waals surface area contributed by atoms with Gasteiger partial charge in [0.25, 0.3) is 5.91 Å². The molecule has 1 N–H and O–H groups in total. The second-order valence-electron chi connectivity index (χ2n) is 7.48. The number of para-hydroxylation sites is 1. The molecular weight excluding hydrogens is 523 g/mol. The Labute approximate surface area is 218 Å². The second kappa shape index (κ2) is 9.79. The monoisotopic (exact) mass is 538 g/mol. The van der Waals surface area contributed by atoms with Crippen LogP contribution in [0.3, 0.4) is 0 Å². The number of thiophene rings is 2. The van der Waals surface area contributed by atoms with Crippen molar-refractivity contribution in [3.63, 3.8) is 0 Å². The Balaban J connectivity index is 1.58. The molecule has 0 unspecified atom stereocenters. The number of benzene rings is 2. The summed E-state index contributed by atoms with van der Waals surface area (Å²) in [5.74, 6) is -0.901. The maximum atomic E-state index is 13.5. The van der Waals surface area contributed by atoms with Gasteiger partial charge in [0.1, 0.15) is 10.6 Å². The van der Waals surface area contributed by atoms with Crippen molar-refractivity contribution in [3.05, 3.63) is 92.6 Å². The number of carbonyl (C=O) groups is 2. The van der Waals surface area contributed by atoms with Gasteiger partial charge in [-0.05, 0) is 42.0 Å². The highest BCUT2D eigenvalue weighted by Gasteiger charge is 2.24. The Bertz CT molecular complexity index is 1580. The van der Waals surface area contributed by atoms with E-state index in [0.717, 1.165) is 10.4 Å². The molecule has 3 aromatic heterocycles. The maximum absolute atomic E-state index is 13.5. The summed E-state index contributed by atoms with van der Waals surface area (Å²) in [6.45, 7) is 0. The molecule has 5 aromatic rings. The molecule has 0 fully saturated rings. The molecule has 5 rings (SSSR count). The number of nitrogens with zero attached hydrogens (tertiary/aromatic N) is 1. The maximum Gasteiger partial charge on any atom is 0.341 e. The van der Waals surface area contributed by atoms with Crippen LogP contribution in [0.2, 0.25) is 9.36 Å². The third kappa shape index (κ3) is 4.68. The first-order valence-electron chi connectivity index (χ1n) is 10.4. The van der Waals surface area contributed by atoms with Gasteiger partial charge in [0.15, 0.2) is 0 Å². The van der Waals surface area contributed by atoms with Gasteiger partial charge in [-0.25, -0.2) is 9.78 Å². The fourth-order valence-electron chi connectivity index (χ4n) is 3.71. The van der Waals surface area contributed by atoms with Crippen LogP contribution < -0.4 is 5.32 Å². The predicted octanol–water partition coefficient (Wildman–Crippen LogP) is 8.04. The summed E-state index contributed by atoms with van der Waals surface area (Å²) in [6, 6.07) is 20.0. The first kappa shape index (κ1) is 23.5. The summed E-state index contributed by atoms with van der Waals surface area (Å²) in [5, 5.41) is 6.42. The minimum Gasteiger partial charge on any atom is -0.465 e. The molecule has 1 amide bonds. The van der Waals surface area contributed by atoms with E-state index < -0.39 is 5.97 Å². The Morgan fingerprint density at radius 3 is 2.49 bits per heavy atom. The minimum atomic E-state index is -0.542. The zero-order valence-corrected chi connectivity index (χ0v) is 21.3. The number of methoxy groups -OCH3 is 1. The third-order valence-corrected chi connectivity index (χ3v) is 7.75. The van der Waals surface area contributed by atoms with Crippen molar-refractivity contribution in [2.75, 3.05) is 12.4 Å². The van der Waals surface area contributed by atoms with Gasteiger partial charge in [0.05, 0.1) is 33.1 Å². The first-order valence-corrected chi connectivity index (χ1v) is 12.8. The average Bonchev–Trinajstić information content (AvgIpc) is 3.49. The number of hydrogen-bond donors (Lipinski definition) is 1. The number of esters is 1. The molecule has 0 aliphatic rings. The van der Waals surface area contributed by atoms with E-state index in [1.165, 1.54) is 29.8 Å². The van der Waals surface area contributed by atoms with Gasteiger partial charge in [0.2, 0.25) is 0 Å². The van der Waals surface area contributed by atoms with Crippen LogP contribution in [0.1, 0.15) is 20.7 Å². The molecule has 0 saturated carbocycles. The van der Waals surface area contributed by atoms with Crippen molar-refractivity contribution in [1.82, 2.24) is 4.98 Å². The molecule has 35 heavy (non-hydrogen) atoms. The number of aromatic nitrogens is 1. The number of rotatable bonds is 5. The van der Waals surface area contributed by atoms with Crippen molar-refractivity contribution >= 4 is 73.7 Å². The van der Waals surface area contributed by atoms with Crippen molar-refractivity contribution < 1.29 is 14.3 Å². The highest BCUT2D eigenvalue weighted by atomic mass is 35.5. The molecule has 0 bridgehead atoms. The molecule has 174 valence electrons. The van der Waals surface area contributed by atoms with E-state index in [1.54, 1.807) is 24.3 Å². The molecule has 2 aromatic carbocycles. The van der Waals surface area contributed by atoms with Crippen LogP contribution in [-0.2, 0) is 4.74 Å². The van der Waals surface area contributed by atoms with Crippen LogP contribution in [0.5, 0.6) is 0 Å². The number of ether oxygens (including phenoxy) is 1. The van der Waals surface area contributed by atoms with Crippen molar-refractivity contribution in [3.8, 4) is 21.7 Å². The molecule has 9 heteroatoms. The number of halogens is 2. The van der Waals surface area contributed by atoms with Gasteiger partial charge in [-0.3, -0.25) is 4.79 Å². The summed E-state index contributed by atoms with van der Waals surface area (Å²) < 4.78 is 5.66. The van der Waals surface area contributed by atoms with Gasteiger partial charge in [-0.1, -0.05) is 53.5 Å². The van der Waals surface area contributed by atoms with Gasteiger partial charge in [-0.2, -0.15) is 0 Å². The number of amides is 1. The lowest BCUT2D eigenvalue weighted by Crippen LogP contribution is -2.15. The van der Waals surface area contributed by atoms with Gasteiger partial charge in [0, 0.05) is 21.4 Å². The van der Waals surface area contributed by atoms with Crippen LogP contribution in [0.25, 0.3) is 32.6 Å². The molecule has 0 atom stereocenters. The normalized spacial score (nSPS) is 10.9. The fraction of sp³-hybridized carbons (Fsp3) is 0.0385. The van der Waals surface area contributed by atoms with Gasteiger partial charge < -0.3 is 10.1 Å². The molecule has 0 radical (unpaired) electrons. The van der Waals surface area contributed by atoms with Crippen molar-refractivity contribution in [2.24, 2.45) is 0 Å². The lowest BCUT2D eigenvalue weighted by molar-refractivity contribution is 0.0603. The lowest BCUT2D eigenvalue weighted by atomic mass is 10.0. The summed E-state index contributed by atoms with van der Waals surface area (Å²) in [7, 11) is 1.31. The minimum absolute atomic E-state index is 0.289. The molecule has 0 aliphatic heterocycles. The van der Waals surface area contributed by atoms with E-state index in [0.29, 0.717) is 42.1 Å².